The highest BCUT2D eigenvalue weighted by Gasteiger charge is 2.29. The molecule has 6 heteroatoms. The van der Waals surface area contributed by atoms with Gasteiger partial charge in [0.05, 0.1) is 12.1 Å². The van der Waals surface area contributed by atoms with Crippen LogP contribution in [0.1, 0.15) is 39.2 Å². The van der Waals surface area contributed by atoms with Gasteiger partial charge in [-0.15, -0.1) is 0 Å². The fourth-order valence-electron chi connectivity index (χ4n) is 2.67. The van der Waals surface area contributed by atoms with E-state index >= 15 is 0 Å². The number of H-pyrrole nitrogens is 1. The van der Waals surface area contributed by atoms with Crippen molar-refractivity contribution in [2.45, 2.75) is 40.0 Å². The van der Waals surface area contributed by atoms with E-state index in [1.54, 1.807) is 6.20 Å². The van der Waals surface area contributed by atoms with Gasteiger partial charge < -0.3 is 10.2 Å². The number of hydrogen-bond acceptors (Lipinski definition) is 3. The van der Waals surface area contributed by atoms with Crippen molar-refractivity contribution >= 4 is 17.6 Å². The first-order valence-corrected chi connectivity index (χ1v) is 7.64. The molecule has 2 heterocycles. The molecule has 0 aliphatic carbocycles. The Kier molecular flexibility index (Phi) is 4.98. The monoisotopic (exact) mass is 292 g/mol. The molecule has 1 aromatic rings. The van der Waals surface area contributed by atoms with E-state index in [0.717, 1.165) is 31.4 Å². The van der Waals surface area contributed by atoms with Crippen molar-refractivity contribution in [1.29, 1.82) is 0 Å². The van der Waals surface area contributed by atoms with Crippen molar-refractivity contribution in [1.82, 2.24) is 15.1 Å². The number of rotatable bonds is 4. The third-order valence-corrected chi connectivity index (χ3v) is 3.94. The number of amides is 2. The molecule has 0 bridgehead atoms. The van der Waals surface area contributed by atoms with Crippen LogP contribution in [0.25, 0.3) is 0 Å². The zero-order chi connectivity index (χ0) is 15.4. The molecule has 0 spiro atoms. The van der Waals surface area contributed by atoms with Gasteiger partial charge in [-0.3, -0.25) is 14.7 Å². The average Bonchev–Trinajstić information content (AvgIpc) is 2.93. The summed E-state index contributed by atoms with van der Waals surface area (Å²) in [6.45, 7) is 7.07. The summed E-state index contributed by atoms with van der Waals surface area (Å²) < 4.78 is 0. The number of carbonyl (C=O) groups is 2. The Morgan fingerprint density at radius 1 is 1.52 bits per heavy atom. The standard InChI is InChI=1S/C15H24N4O2/c1-4-11-8-16-18-13(11)17-14(20)12-6-5-7-19(9-12)15(21)10(2)3/h8,10,12H,4-7,9H2,1-3H3,(H2,16,17,18,20). The second-order valence-corrected chi connectivity index (χ2v) is 5.89. The van der Waals surface area contributed by atoms with Crippen LogP contribution in [0.5, 0.6) is 0 Å². The minimum absolute atomic E-state index is 0.0221. The first kappa shape index (κ1) is 15.5. The van der Waals surface area contributed by atoms with Gasteiger partial charge in [0, 0.05) is 24.6 Å². The van der Waals surface area contributed by atoms with E-state index in [1.165, 1.54) is 0 Å². The zero-order valence-corrected chi connectivity index (χ0v) is 13.0. The number of aromatic nitrogens is 2. The maximum atomic E-state index is 12.4. The Hall–Kier alpha value is -1.85. The number of hydrogen-bond donors (Lipinski definition) is 2. The van der Waals surface area contributed by atoms with Crippen molar-refractivity contribution in [3.63, 3.8) is 0 Å². The fraction of sp³-hybridized carbons (Fsp3) is 0.667. The molecule has 2 amide bonds. The lowest BCUT2D eigenvalue weighted by molar-refractivity contribution is -0.137. The molecule has 1 aromatic heterocycles. The van der Waals surface area contributed by atoms with Crippen LogP contribution >= 0.6 is 0 Å². The topological polar surface area (TPSA) is 78.1 Å². The van der Waals surface area contributed by atoms with Crippen molar-refractivity contribution < 1.29 is 9.59 Å². The van der Waals surface area contributed by atoms with E-state index in [9.17, 15) is 9.59 Å². The lowest BCUT2D eigenvalue weighted by Gasteiger charge is -2.33. The summed E-state index contributed by atoms with van der Waals surface area (Å²) in [6.07, 6.45) is 4.24. The van der Waals surface area contributed by atoms with Crippen molar-refractivity contribution in [3.05, 3.63) is 11.8 Å². The number of piperidine rings is 1. The van der Waals surface area contributed by atoms with Gasteiger partial charge in [0.25, 0.3) is 0 Å². The number of carbonyl (C=O) groups excluding carboxylic acids is 2. The number of anilines is 1. The third-order valence-electron chi connectivity index (χ3n) is 3.94. The molecule has 6 nitrogen and oxygen atoms in total. The van der Waals surface area contributed by atoms with Gasteiger partial charge in [-0.1, -0.05) is 20.8 Å². The maximum absolute atomic E-state index is 12.4. The first-order chi connectivity index (χ1) is 10.0. The molecular weight excluding hydrogens is 268 g/mol. The molecule has 1 atom stereocenters. The lowest BCUT2D eigenvalue weighted by Crippen LogP contribution is -2.45. The molecule has 0 saturated carbocycles. The van der Waals surface area contributed by atoms with Gasteiger partial charge in [-0.25, -0.2) is 0 Å². The Bertz CT molecular complexity index is 510. The molecule has 1 saturated heterocycles. The largest absolute Gasteiger partial charge is 0.342 e. The number of nitrogens with zero attached hydrogens (tertiary/aromatic N) is 2. The zero-order valence-electron chi connectivity index (χ0n) is 13.0. The Morgan fingerprint density at radius 2 is 2.29 bits per heavy atom. The molecule has 1 aliphatic rings. The molecular formula is C15H24N4O2. The summed E-state index contributed by atoms with van der Waals surface area (Å²) in [5, 5.41) is 9.67. The van der Waals surface area contributed by atoms with Crippen molar-refractivity contribution in [2.75, 3.05) is 18.4 Å². The van der Waals surface area contributed by atoms with Crippen LogP contribution in [-0.4, -0.2) is 40.0 Å². The molecule has 116 valence electrons. The average molecular weight is 292 g/mol. The van der Waals surface area contributed by atoms with E-state index in [-0.39, 0.29) is 23.7 Å². The van der Waals surface area contributed by atoms with Crippen LogP contribution < -0.4 is 5.32 Å². The smallest absolute Gasteiger partial charge is 0.230 e. The lowest BCUT2D eigenvalue weighted by atomic mass is 9.96. The van der Waals surface area contributed by atoms with E-state index < -0.39 is 0 Å². The van der Waals surface area contributed by atoms with Gasteiger partial charge in [0.1, 0.15) is 5.82 Å². The van der Waals surface area contributed by atoms with Gasteiger partial charge in [0.15, 0.2) is 0 Å². The third kappa shape index (κ3) is 3.62. The molecule has 2 N–H and O–H groups in total. The maximum Gasteiger partial charge on any atom is 0.230 e. The van der Waals surface area contributed by atoms with E-state index in [0.29, 0.717) is 12.4 Å². The molecule has 0 aromatic carbocycles. The van der Waals surface area contributed by atoms with Crippen LogP contribution in [-0.2, 0) is 16.0 Å². The van der Waals surface area contributed by atoms with Crippen LogP contribution in [0, 0.1) is 11.8 Å². The van der Waals surface area contributed by atoms with E-state index in [4.69, 9.17) is 0 Å². The molecule has 21 heavy (non-hydrogen) atoms. The highest BCUT2D eigenvalue weighted by Crippen LogP contribution is 2.21. The molecule has 0 radical (unpaired) electrons. The van der Waals surface area contributed by atoms with Gasteiger partial charge in [-0.2, -0.15) is 5.10 Å². The van der Waals surface area contributed by atoms with Gasteiger partial charge in [0.2, 0.25) is 11.8 Å². The van der Waals surface area contributed by atoms with Crippen LogP contribution in [0.3, 0.4) is 0 Å². The summed E-state index contributed by atoms with van der Waals surface area (Å²) in [5.41, 5.74) is 0.995. The molecule has 1 unspecified atom stereocenters. The fourth-order valence-corrected chi connectivity index (χ4v) is 2.67. The normalized spacial score (nSPS) is 18.9. The van der Waals surface area contributed by atoms with E-state index in [2.05, 4.69) is 15.5 Å². The van der Waals surface area contributed by atoms with E-state index in [1.807, 2.05) is 25.7 Å². The number of likely N-dealkylation sites (tertiary alicyclic amines) is 1. The summed E-state index contributed by atoms with van der Waals surface area (Å²) >= 11 is 0. The predicted molar refractivity (Wildman–Crippen MR) is 80.7 cm³/mol. The molecule has 1 fully saturated rings. The highest BCUT2D eigenvalue weighted by atomic mass is 16.2. The Labute approximate surface area is 125 Å². The van der Waals surface area contributed by atoms with Gasteiger partial charge in [-0.05, 0) is 19.3 Å². The second kappa shape index (κ2) is 6.74. The minimum atomic E-state index is -0.144. The highest BCUT2D eigenvalue weighted by molar-refractivity contribution is 5.93. The van der Waals surface area contributed by atoms with Crippen LogP contribution in [0.4, 0.5) is 5.82 Å². The molecule has 2 rings (SSSR count). The number of nitrogens with one attached hydrogen (secondary N) is 2. The summed E-state index contributed by atoms with van der Waals surface area (Å²) in [7, 11) is 0. The summed E-state index contributed by atoms with van der Waals surface area (Å²) in [4.78, 5) is 26.2. The second-order valence-electron chi connectivity index (χ2n) is 5.89. The number of aryl methyl sites for hydroxylation is 1. The summed E-state index contributed by atoms with van der Waals surface area (Å²) in [6, 6.07) is 0. The van der Waals surface area contributed by atoms with Crippen LogP contribution in [0.15, 0.2) is 6.20 Å². The predicted octanol–water partition coefficient (Wildman–Crippen LogP) is 1.81. The number of aromatic amines is 1. The Morgan fingerprint density at radius 3 is 2.95 bits per heavy atom. The van der Waals surface area contributed by atoms with Crippen molar-refractivity contribution in [3.8, 4) is 0 Å². The van der Waals surface area contributed by atoms with Crippen molar-refractivity contribution in [2.24, 2.45) is 11.8 Å². The SMILES string of the molecule is CCc1cn[nH]c1NC(=O)C1CCCN(C(=O)C(C)C)C1. The Balaban J connectivity index is 1.98. The quantitative estimate of drug-likeness (QED) is 0.888. The molecule has 1 aliphatic heterocycles. The van der Waals surface area contributed by atoms with Crippen LogP contribution in [0.2, 0.25) is 0 Å². The summed E-state index contributed by atoms with van der Waals surface area (Å²) in [5.74, 6) is 0.605. The minimum Gasteiger partial charge on any atom is -0.342 e. The van der Waals surface area contributed by atoms with Gasteiger partial charge >= 0.3 is 0 Å². The first-order valence-electron chi connectivity index (χ1n) is 7.64.